The van der Waals surface area contributed by atoms with Gasteiger partial charge in [-0.3, -0.25) is 10.1 Å². The van der Waals surface area contributed by atoms with Gasteiger partial charge in [-0.2, -0.15) is 5.10 Å². The average molecular weight is 247 g/mol. The first-order chi connectivity index (χ1) is 9.42. The molecule has 1 heterocycles. The average Bonchev–Trinajstić information content (AvgIpc) is 2.92. The van der Waals surface area contributed by atoms with Gasteiger partial charge in [-0.25, -0.2) is 0 Å². The monoisotopic (exact) mass is 247 g/mol. The van der Waals surface area contributed by atoms with Crippen molar-refractivity contribution in [1.29, 1.82) is 0 Å². The highest BCUT2D eigenvalue weighted by atomic mass is 15.1. The zero-order chi connectivity index (χ0) is 12.9. The molecule has 2 aromatic carbocycles. The molecule has 92 valence electrons. The van der Waals surface area contributed by atoms with Crippen LogP contribution in [0.5, 0.6) is 0 Å². The van der Waals surface area contributed by atoms with E-state index in [9.17, 15) is 0 Å². The molecule has 1 N–H and O–H groups in total. The molecule has 19 heavy (non-hydrogen) atoms. The smallest absolute Gasteiger partial charge is 0.0651 e. The Kier molecular flexibility index (Phi) is 3.19. The van der Waals surface area contributed by atoms with Gasteiger partial charge in [0.2, 0.25) is 0 Å². The number of hydrogen-bond acceptors (Lipinski definition) is 2. The Hall–Kier alpha value is -2.68. The summed E-state index contributed by atoms with van der Waals surface area (Å²) >= 11 is 0. The van der Waals surface area contributed by atoms with Crippen molar-refractivity contribution in [3.05, 3.63) is 66.4 Å². The molecule has 3 nitrogen and oxygen atoms in total. The predicted molar refractivity (Wildman–Crippen MR) is 79.7 cm³/mol. The summed E-state index contributed by atoms with van der Waals surface area (Å²) in [7, 11) is 0. The van der Waals surface area contributed by atoms with Crippen molar-refractivity contribution < 1.29 is 0 Å². The minimum atomic E-state index is 0.923. The fourth-order valence-electron chi connectivity index (χ4n) is 1.86. The van der Waals surface area contributed by atoms with Crippen molar-refractivity contribution in [2.45, 2.75) is 0 Å². The Morgan fingerprint density at radius 3 is 2.84 bits per heavy atom. The van der Waals surface area contributed by atoms with Crippen LogP contribution in [0.15, 0.2) is 65.8 Å². The molecule has 0 aliphatic rings. The number of aromatic amines is 1. The van der Waals surface area contributed by atoms with Gasteiger partial charge in [-0.05, 0) is 29.8 Å². The molecule has 0 bridgehead atoms. The molecule has 0 atom stereocenters. The first-order valence-electron chi connectivity index (χ1n) is 6.11. The summed E-state index contributed by atoms with van der Waals surface area (Å²) in [4.78, 5) is 4.40. The van der Waals surface area contributed by atoms with Crippen LogP contribution in [-0.2, 0) is 0 Å². The van der Waals surface area contributed by atoms with Crippen molar-refractivity contribution >= 4 is 28.9 Å². The van der Waals surface area contributed by atoms with E-state index < -0.39 is 0 Å². The van der Waals surface area contributed by atoms with Crippen molar-refractivity contribution in [2.75, 3.05) is 0 Å². The molecule has 0 saturated heterocycles. The summed E-state index contributed by atoms with van der Waals surface area (Å²) in [6.07, 6.45) is 7.57. The molecule has 0 saturated carbocycles. The standard InChI is InChI=1S/C16H13N3/c1-2-5-13(6-3-1)7-4-10-17-15-8-9-16-14(11-15)12-18-19-16/h1-12H,(H,18,19). The van der Waals surface area contributed by atoms with Crippen LogP contribution in [0.3, 0.4) is 0 Å². The Balaban J connectivity index is 1.73. The van der Waals surface area contributed by atoms with E-state index in [1.807, 2.05) is 48.6 Å². The van der Waals surface area contributed by atoms with Gasteiger partial charge in [0.15, 0.2) is 0 Å². The molecule has 3 aromatic rings. The van der Waals surface area contributed by atoms with Gasteiger partial charge in [0, 0.05) is 11.6 Å². The lowest BCUT2D eigenvalue weighted by atomic mass is 10.2. The van der Waals surface area contributed by atoms with Crippen molar-refractivity contribution in [2.24, 2.45) is 4.99 Å². The Labute approximate surface area is 111 Å². The van der Waals surface area contributed by atoms with Gasteiger partial charge in [0.25, 0.3) is 0 Å². The quantitative estimate of drug-likeness (QED) is 0.699. The fourth-order valence-corrected chi connectivity index (χ4v) is 1.86. The van der Waals surface area contributed by atoms with Crippen LogP contribution < -0.4 is 0 Å². The normalized spacial score (nSPS) is 11.8. The number of allylic oxidation sites excluding steroid dienone is 1. The second-order valence-electron chi connectivity index (χ2n) is 4.19. The second kappa shape index (κ2) is 5.31. The van der Waals surface area contributed by atoms with Crippen molar-refractivity contribution in [1.82, 2.24) is 10.2 Å². The van der Waals surface area contributed by atoms with Crippen LogP contribution >= 0.6 is 0 Å². The third kappa shape index (κ3) is 2.77. The summed E-state index contributed by atoms with van der Waals surface area (Å²) in [5.74, 6) is 0. The molecule has 0 aliphatic carbocycles. The van der Waals surface area contributed by atoms with Gasteiger partial charge in [0.05, 0.1) is 17.4 Å². The lowest BCUT2D eigenvalue weighted by molar-refractivity contribution is 1.12. The number of fused-ring (bicyclic) bond motifs is 1. The van der Waals surface area contributed by atoms with E-state index >= 15 is 0 Å². The topological polar surface area (TPSA) is 41.0 Å². The molecular formula is C16H13N3. The van der Waals surface area contributed by atoms with E-state index in [4.69, 9.17) is 0 Å². The van der Waals surface area contributed by atoms with E-state index in [1.165, 1.54) is 5.56 Å². The van der Waals surface area contributed by atoms with Crippen LogP contribution in [0, 0.1) is 0 Å². The number of aliphatic imine (C=N–C) groups is 1. The number of nitrogens with one attached hydrogen (secondary N) is 1. The van der Waals surface area contributed by atoms with Gasteiger partial charge in [-0.1, -0.05) is 36.4 Å². The summed E-state index contributed by atoms with van der Waals surface area (Å²) in [6, 6.07) is 16.1. The SMILES string of the molecule is C(=Cc1ccccc1)C=Nc1ccc2[nH]ncc2c1. The molecule has 0 spiro atoms. The Bertz CT molecular complexity index is 724. The minimum absolute atomic E-state index is 0.923. The second-order valence-corrected chi connectivity index (χ2v) is 4.19. The van der Waals surface area contributed by atoms with Crippen molar-refractivity contribution in [3.8, 4) is 0 Å². The van der Waals surface area contributed by atoms with Crippen LogP contribution in [-0.4, -0.2) is 16.4 Å². The maximum Gasteiger partial charge on any atom is 0.0651 e. The molecule has 0 aliphatic heterocycles. The first kappa shape index (κ1) is 11.4. The summed E-state index contributed by atoms with van der Waals surface area (Å²) in [5.41, 5.74) is 3.12. The van der Waals surface area contributed by atoms with Gasteiger partial charge in [-0.15, -0.1) is 0 Å². The third-order valence-corrected chi connectivity index (χ3v) is 2.82. The Morgan fingerprint density at radius 2 is 1.95 bits per heavy atom. The van der Waals surface area contributed by atoms with Gasteiger partial charge >= 0.3 is 0 Å². The number of benzene rings is 2. The number of hydrogen-bond donors (Lipinski definition) is 1. The summed E-state index contributed by atoms with van der Waals surface area (Å²) in [5, 5.41) is 7.98. The maximum atomic E-state index is 4.40. The Morgan fingerprint density at radius 1 is 1.05 bits per heavy atom. The lowest BCUT2D eigenvalue weighted by Crippen LogP contribution is -1.71. The van der Waals surface area contributed by atoms with Crippen LogP contribution in [0.4, 0.5) is 5.69 Å². The van der Waals surface area contributed by atoms with Crippen LogP contribution in [0.2, 0.25) is 0 Å². The van der Waals surface area contributed by atoms with Crippen LogP contribution in [0.1, 0.15) is 5.56 Å². The predicted octanol–water partition coefficient (Wildman–Crippen LogP) is 3.98. The maximum absolute atomic E-state index is 4.40. The molecular weight excluding hydrogens is 234 g/mol. The zero-order valence-corrected chi connectivity index (χ0v) is 10.3. The summed E-state index contributed by atoms with van der Waals surface area (Å²) in [6.45, 7) is 0. The molecule has 3 heteroatoms. The number of aromatic nitrogens is 2. The minimum Gasteiger partial charge on any atom is -0.278 e. The molecule has 0 amide bonds. The highest BCUT2D eigenvalue weighted by Crippen LogP contribution is 2.18. The van der Waals surface area contributed by atoms with Gasteiger partial charge < -0.3 is 0 Å². The van der Waals surface area contributed by atoms with Crippen molar-refractivity contribution in [3.63, 3.8) is 0 Å². The molecule has 0 fully saturated rings. The summed E-state index contributed by atoms with van der Waals surface area (Å²) < 4.78 is 0. The van der Waals surface area contributed by atoms with Crippen LogP contribution in [0.25, 0.3) is 17.0 Å². The largest absolute Gasteiger partial charge is 0.278 e. The highest BCUT2D eigenvalue weighted by molar-refractivity contribution is 5.84. The van der Waals surface area contributed by atoms with E-state index in [2.05, 4.69) is 27.3 Å². The zero-order valence-electron chi connectivity index (χ0n) is 10.3. The molecule has 0 unspecified atom stereocenters. The first-order valence-corrected chi connectivity index (χ1v) is 6.11. The molecule has 0 radical (unpaired) electrons. The molecule has 3 rings (SSSR count). The number of rotatable bonds is 3. The lowest BCUT2D eigenvalue weighted by Gasteiger charge is -1.92. The fraction of sp³-hybridized carbons (Fsp3) is 0. The number of H-pyrrole nitrogens is 1. The third-order valence-electron chi connectivity index (χ3n) is 2.82. The van der Waals surface area contributed by atoms with E-state index in [-0.39, 0.29) is 0 Å². The number of nitrogens with zero attached hydrogens (tertiary/aromatic N) is 2. The van der Waals surface area contributed by atoms with E-state index in [0.29, 0.717) is 0 Å². The van der Waals surface area contributed by atoms with Gasteiger partial charge in [0.1, 0.15) is 0 Å². The van der Waals surface area contributed by atoms with E-state index in [0.717, 1.165) is 16.6 Å². The molecule has 1 aromatic heterocycles. The van der Waals surface area contributed by atoms with E-state index in [1.54, 1.807) is 12.4 Å². The highest BCUT2D eigenvalue weighted by Gasteiger charge is 1.95.